The third-order valence-electron chi connectivity index (χ3n) is 5.07. The summed E-state index contributed by atoms with van der Waals surface area (Å²) in [4.78, 5) is 23.0. The molecule has 0 aliphatic carbocycles. The smallest absolute Gasteiger partial charge is 0.299 e. The molecule has 3 N–H and O–H groups in total. The number of benzene rings is 1. The first-order chi connectivity index (χ1) is 15.1. The fourth-order valence-corrected chi connectivity index (χ4v) is 3.90. The van der Waals surface area contributed by atoms with Gasteiger partial charge in [-0.05, 0) is 40.9 Å². The number of aromatic nitrogens is 2. The minimum Gasteiger partial charge on any atom is -0.550 e. The normalized spacial score (nSPS) is 12.9. The van der Waals surface area contributed by atoms with Crippen LogP contribution in [-0.2, 0) is 4.79 Å². The zero-order chi connectivity index (χ0) is 22.3. The number of guanidine groups is 1. The van der Waals surface area contributed by atoms with Gasteiger partial charge in [0.15, 0.2) is 0 Å². The fraction of sp³-hybridized carbons (Fsp3) is 0.565. The number of fused-ring (bicyclic) bond motifs is 1. The second-order valence-corrected chi connectivity index (χ2v) is 8.48. The van der Waals surface area contributed by atoms with Crippen LogP contribution in [-0.4, -0.2) is 35.0 Å². The zero-order valence-corrected chi connectivity index (χ0v) is 20.0. The maximum atomic E-state index is 10.1. The van der Waals surface area contributed by atoms with E-state index < -0.39 is 5.97 Å². The third kappa shape index (κ3) is 9.74. The van der Waals surface area contributed by atoms with Gasteiger partial charge < -0.3 is 9.90 Å². The Morgan fingerprint density at radius 3 is 2.39 bits per heavy atom. The molecule has 7 nitrogen and oxygen atoms in total. The van der Waals surface area contributed by atoms with Gasteiger partial charge in [-0.1, -0.05) is 58.3 Å². The van der Waals surface area contributed by atoms with E-state index in [1.54, 1.807) is 12.4 Å². The Kier molecular flexibility index (Phi) is 12.1. The van der Waals surface area contributed by atoms with Crippen molar-refractivity contribution >= 4 is 44.6 Å². The number of halogens is 1. The highest BCUT2D eigenvalue weighted by Crippen LogP contribution is 2.28. The third-order valence-corrected chi connectivity index (χ3v) is 5.88. The molecule has 0 spiro atoms. The minimum atomic E-state index is -0.909. The Balaban J connectivity index is 0.000000226. The number of carbonyl (C=O) groups excluding carboxylic acids is 1. The average Bonchev–Trinajstić information content (AvgIpc) is 3.28. The van der Waals surface area contributed by atoms with Crippen molar-refractivity contribution < 1.29 is 15.2 Å². The highest BCUT2D eigenvalue weighted by molar-refractivity contribution is 9.10. The fourth-order valence-electron chi connectivity index (χ4n) is 3.36. The van der Waals surface area contributed by atoms with Crippen LogP contribution in [0.4, 0.5) is 5.69 Å². The van der Waals surface area contributed by atoms with Crippen molar-refractivity contribution in [2.24, 2.45) is 4.99 Å². The highest BCUT2D eigenvalue weighted by atomic mass is 79.9. The van der Waals surface area contributed by atoms with Gasteiger partial charge in [0.25, 0.3) is 5.96 Å². The Labute approximate surface area is 193 Å². The van der Waals surface area contributed by atoms with Gasteiger partial charge in [-0.2, -0.15) is 0 Å². The van der Waals surface area contributed by atoms with Gasteiger partial charge in [0.2, 0.25) is 0 Å². The van der Waals surface area contributed by atoms with Gasteiger partial charge in [-0.25, -0.2) is 4.99 Å². The maximum absolute atomic E-state index is 10.1. The second-order valence-electron chi connectivity index (χ2n) is 7.69. The molecule has 0 saturated heterocycles. The summed E-state index contributed by atoms with van der Waals surface area (Å²) in [7, 11) is 0. The van der Waals surface area contributed by atoms with Gasteiger partial charge in [-0.3, -0.25) is 20.6 Å². The van der Waals surface area contributed by atoms with Crippen LogP contribution in [0.1, 0.15) is 71.1 Å². The number of nitrogens with one attached hydrogen (secondary N) is 1. The van der Waals surface area contributed by atoms with Gasteiger partial charge in [-0.15, -0.1) is 0 Å². The molecule has 1 aliphatic heterocycles. The number of aliphatic carboxylic acids is 1. The van der Waals surface area contributed by atoms with E-state index in [9.17, 15) is 9.90 Å². The molecule has 0 saturated carbocycles. The van der Waals surface area contributed by atoms with E-state index in [2.05, 4.69) is 48.4 Å². The van der Waals surface area contributed by atoms with Crippen LogP contribution in [0.25, 0.3) is 11.0 Å². The van der Waals surface area contributed by atoms with Crippen LogP contribution in [0.15, 0.2) is 34.0 Å². The van der Waals surface area contributed by atoms with E-state index in [4.69, 9.17) is 0 Å². The number of anilines is 1. The number of hydrogen-bond acceptors (Lipinski definition) is 6. The lowest BCUT2D eigenvalue weighted by Gasteiger charge is -2.07. The van der Waals surface area contributed by atoms with Crippen LogP contribution in [0.2, 0.25) is 0 Å². The first-order valence-corrected chi connectivity index (χ1v) is 12.1. The monoisotopic (exact) mass is 491 g/mol. The summed E-state index contributed by atoms with van der Waals surface area (Å²) in [5, 5.41) is 15.5. The van der Waals surface area contributed by atoms with Crippen LogP contribution in [0, 0.1) is 0 Å². The number of carboxylic acid groups (broad SMARTS) is 1. The molecule has 170 valence electrons. The number of nitrogens with two attached hydrogens (primary N) is 1. The summed E-state index contributed by atoms with van der Waals surface area (Å²) in [6.07, 6.45) is 14.5. The van der Waals surface area contributed by atoms with Gasteiger partial charge >= 0.3 is 0 Å². The molecule has 0 bridgehead atoms. The van der Waals surface area contributed by atoms with E-state index in [-0.39, 0.29) is 6.42 Å². The molecule has 2 heterocycles. The summed E-state index contributed by atoms with van der Waals surface area (Å²) >= 11 is 3.56. The number of aliphatic imine (C=N–C) groups is 1. The maximum Gasteiger partial charge on any atom is 0.299 e. The first-order valence-electron chi connectivity index (χ1n) is 11.4. The molecule has 0 fully saturated rings. The zero-order valence-electron chi connectivity index (χ0n) is 18.4. The molecule has 1 aromatic carbocycles. The Morgan fingerprint density at radius 2 is 1.74 bits per heavy atom. The van der Waals surface area contributed by atoms with Crippen molar-refractivity contribution in [3.8, 4) is 0 Å². The van der Waals surface area contributed by atoms with Crippen molar-refractivity contribution in [2.45, 2.75) is 71.1 Å². The summed E-state index contributed by atoms with van der Waals surface area (Å²) in [6, 6.07) is 3.93. The molecule has 0 unspecified atom stereocenters. The molecular weight excluding hydrogens is 458 g/mol. The average molecular weight is 492 g/mol. The van der Waals surface area contributed by atoms with Crippen molar-refractivity contribution in [1.29, 1.82) is 0 Å². The van der Waals surface area contributed by atoms with E-state index in [1.807, 2.05) is 12.1 Å². The van der Waals surface area contributed by atoms with E-state index >= 15 is 0 Å². The molecule has 8 heteroatoms. The predicted octanol–water partition coefficient (Wildman–Crippen LogP) is 3.39. The molecule has 0 amide bonds. The first kappa shape index (κ1) is 25.2. The van der Waals surface area contributed by atoms with E-state index in [0.29, 0.717) is 0 Å². The Hall–Kier alpha value is -2.06. The minimum absolute atomic E-state index is 0.232. The number of carbonyl (C=O) groups is 1. The molecule has 3 rings (SSSR count). The number of quaternary nitrogens is 1. The van der Waals surface area contributed by atoms with Crippen LogP contribution in [0.5, 0.6) is 0 Å². The lowest BCUT2D eigenvalue weighted by Crippen LogP contribution is -2.87. The Morgan fingerprint density at radius 1 is 1.06 bits per heavy atom. The lowest BCUT2D eigenvalue weighted by molar-refractivity contribution is -0.527. The Bertz CT molecular complexity index is 844. The SMILES string of the molecule is Brc1c(NC2=NCC[NH2+]2)ccc2nccnc12.CCCCCCCCCCCC(=O)[O-]. The van der Waals surface area contributed by atoms with Gasteiger partial charge in [0, 0.05) is 18.4 Å². The van der Waals surface area contributed by atoms with Crippen LogP contribution >= 0.6 is 15.9 Å². The van der Waals surface area contributed by atoms with Crippen LogP contribution < -0.4 is 15.7 Å². The second kappa shape index (κ2) is 14.9. The molecule has 0 radical (unpaired) electrons. The number of nitrogens with zero attached hydrogens (tertiary/aromatic N) is 3. The van der Waals surface area contributed by atoms with Gasteiger partial charge in [0.05, 0.1) is 22.2 Å². The molecular formula is C23H34BrN5O2. The van der Waals surface area contributed by atoms with Gasteiger partial charge in [0.1, 0.15) is 12.1 Å². The van der Waals surface area contributed by atoms with Crippen LogP contribution in [0.3, 0.4) is 0 Å². The lowest BCUT2D eigenvalue weighted by atomic mass is 10.1. The van der Waals surface area contributed by atoms with E-state index in [0.717, 1.165) is 53.1 Å². The summed E-state index contributed by atoms with van der Waals surface area (Å²) in [5.74, 6) is 0.0156. The predicted molar refractivity (Wildman–Crippen MR) is 127 cm³/mol. The molecule has 2 aromatic rings. The van der Waals surface area contributed by atoms with Crippen molar-refractivity contribution in [3.05, 3.63) is 29.0 Å². The summed E-state index contributed by atoms with van der Waals surface area (Å²) < 4.78 is 0.922. The largest absolute Gasteiger partial charge is 0.550 e. The topological polar surface area (TPSA) is 107 Å². The number of carboxylic acids is 1. The molecule has 1 aliphatic rings. The number of unbranched alkanes of at least 4 members (excludes halogenated alkanes) is 8. The highest BCUT2D eigenvalue weighted by Gasteiger charge is 2.13. The number of rotatable bonds is 11. The van der Waals surface area contributed by atoms with Crippen molar-refractivity contribution in [2.75, 3.05) is 18.4 Å². The standard InChI is InChI=1S/C12H24O2.C11H10BrN5/c1-2-3-4-5-6-7-8-9-10-11-12(13)14;12-9-7(17-11-15-5-6-16-11)1-2-8-10(9)14-4-3-13-8/h2-11H2,1H3,(H,13,14);1-4H,5-6H2,(H2,15,16,17). The molecule has 31 heavy (non-hydrogen) atoms. The number of hydrogen-bond donors (Lipinski definition) is 2. The van der Waals surface area contributed by atoms with Crippen molar-refractivity contribution in [1.82, 2.24) is 9.97 Å². The quantitative estimate of drug-likeness (QED) is 0.468. The molecule has 0 atom stereocenters. The van der Waals surface area contributed by atoms with Crippen molar-refractivity contribution in [3.63, 3.8) is 0 Å². The molecule has 1 aromatic heterocycles. The van der Waals surface area contributed by atoms with E-state index in [1.165, 1.54) is 44.9 Å². The summed E-state index contributed by atoms with van der Waals surface area (Å²) in [6.45, 7) is 4.10. The summed E-state index contributed by atoms with van der Waals surface area (Å²) in [5.41, 5.74) is 2.70.